The quantitative estimate of drug-likeness (QED) is 0.385. The molecule has 0 spiro atoms. The first-order chi connectivity index (χ1) is 16.0. The highest BCUT2D eigenvalue weighted by atomic mass is 35.5. The number of ether oxygens (including phenoxy) is 2. The highest BCUT2D eigenvalue weighted by molar-refractivity contribution is 6.42. The predicted octanol–water partition coefficient (Wildman–Crippen LogP) is 7.32. The fourth-order valence-corrected chi connectivity index (χ4v) is 4.75. The molecule has 2 aromatic rings. The lowest BCUT2D eigenvalue weighted by Crippen LogP contribution is -2.38. The number of hydrogen-bond donors (Lipinski definition) is 0. The van der Waals surface area contributed by atoms with Crippen LogP contribution in [0.25, 0.3) is 0 Å². The van der Waals surface area contributed by atoms with E-state index in [1.165, 1.54) is 0 Å². The molecule has 34 heavy (non-hydrogen) atoms. The molecule has 3 rings (SSSR count). The van der Waals surface area contributed by atoms with Crippen LogP contribution in [0.1, 0.15) is 81.2 Å². The van der Waals surface area contributed by atoms with Gasteiger partial charge >= 0.3 is 12.1 Å². The first-order valence-electron chi connectivity index (χ1n) is 11.7. The number of carbonyl (C=O) groups excluding carboxylic acids is 2. The summed E-state index contributed by atoms with van der Waals surface area (Å²) in [7, 11) is 1.79. The molecular formula is C27H33Cl2NO4. The maximum Gasteiger partial charge on any atom is 0.410 e. The van der Waals surface area contributed by atoms with Crippen LogP contribution >= 0.6 is 23.2 Å². The second-order valence-corrected chi connectivity index (χ2v) is 10.5. The van der Waals surface area contributed by atoms with Gasteiger partial charge in [-0.1, -0.05) is 47.5 Å². The molecule has 0 saturated heterocycles. The molecule has 0 aliphatic heterocycles. The molecule has 0 saturated carbocycles. The molecule has 1 aliphatic rings. The third kappa shape index (κ3) is 6.45. The van der Waals surface area contributed by atoms with Crippen LogP contribution in [-0.2, 0) is 20.7 Å². The highest BCUT2D eigenvalue weighted by Crippen LogP contribution is 2.45. The summed E-state index contributed by atoms with van der Waals surface area (Å²) in [6.07, 6.45) is 2.20. The average Bonchev–Trinajstić information content (AvgIpc) is 2.77. The molecule has 0 aromatic heterocycles. The van der Waals surface area contributed by atoms with Crippen molar-refractivity contribution in [3.63, 3.8) is 0 Å². The van der Waals surface area contributed by atoms with E-state index in [4.69, 9.17) is 32.7 Å². The number of esters is 1. The van der Waals surface area contributed by atoms with Gasteiger partial charge in [0.25, 0.3) is 0 Å². The molecule has 0 unspecified atom stereocenters. The smallest absolute Gasteiger partial charge is 0.410 e. The van der Waals surface area contributed by atoms with Crippen LogP contribution < -0.4 is 0 Å². The van der Waals surface area contributed by atoms with Gasteiger partial charge in [-0.2, -0.15) is 0 Å². The van der Waals surface area contributed by atoms with Crippen molar-refractivity contribution in [2.75, 3.05) is 13.7 Å². The Labute approximate surface area is 212 Å². The van der Waals surface area contributed by atoms with E-state index in [1.54, 1.807) is 18.9 Å². The largest absolute Gasteiger partial charge is 0.466 e. The van der Waals surface area contributed by atoms with Gasteiger partial charge in [-0.3, -0.25) is 4.79 Å². The lowest BCUT2D eigenvalue weighted by Gasteiger charge is -2.38. The van der Waals surface area contributed by atoms with Crippen molar-refractivity contribution in [3.8, 4) is 0 Å². The SMILES string of the molecule is CCOC(=O)CCc1ccc2c(c1)[C@H](c1ccc(Cl)c(Cl)c1)CC[C@@H]2N(C)C(=O)OC(C)(C)C. The third-order valence-corrected chi connectivity index (χ3v) is 6.77. The zero-order valence-corrected chi connectivity index (χ0v) is 22.0. The van der Waals surface area contributed by atoms with Crippen LogP contribution in [0.3, 0.4) is 0 Å². The monoisotopic (exact) mass is 505 g/mol. The van der Waals surface area contributed by atoms with Gasteiger partial charge in [-0.25, -0.2) is 4.79 Å². The molecule has 0 radical (unpaired) electrons. The fraction of sp³-hybridized carbons (Fsp3) is 0.481. The molecule has 0 heterocycles. The van der Waals surface area contributed by atoms with Crippen LogP contribution in [-0.4, -0.2) is 36.2 Å². The van der Waals surface area contributed by atoms with E-state index in [0.29, 0.717) is 29.5 Å². The van der Waals surface area contributed by atoms with Gasteiger partial charge in [-0.05, 0) is 81.3 Å². The summed E-state index contributed by atoms with van der Waals surface area (Å²) in [5.74, 6) is -0.0978. The van der Waals surface area contributed by atoms with Gasteiger partial charge in [0.15, 0.2) is 0 Å². The van der Waals surface area contributed by atoms with Gasteiger partial charge in [0.2, 0.25) is 0 Å². The number of aryl methyl sites for hydroxylation is 1. The Kier molecular flexibility index (Phi) is 8.53. The maximum absolute atomic E-state index is 12.8. The van der Waals surface area contributed by atoms with Crippen molar-refractivity contribution < 1.29 is 19.1 Å². The molecule has 0 fully saturated rings. The summed E-state index contributed by atoms with van der Waals surface area (Å²) < 4.78 is 10.7. The zero-order valence-electron chi connectivity index (χ0n) is 20.5. The Hall–Kier alpha value is -2.24. The first-order valence-corrected chi connectivity index (χ1v) is 12.4. The summed E-state index contributed by atoms with van der Waals surface area (Å²) in [6, 6.07) is 11.9. The van der Waals surface area contributed by atoms with E-state index < -0.39 is 5.60 Å². The Morgan fingerprint density at radius 2 is 1.76 bits per heavy atom. The molecule has 7 heteroatoms. The van der Waals surface area contributed by atoms with Crippen LogP contribution in [0, 0.1) is 0 Å². The number of amides is 1. The number of carbonyl (C=O) groups is 2. The Morgan fingerprint density at radius 3 is 2.41 bits per heavy atom. The number of rotatable bonds is 6. The van der Waals surface area contributed by atoms with Crippen LogP contribution in [0.4, 0.5) is 4.79 Å². The minimum Gasteiger partial charge on any atom is -0.466 e. The molecule has 1 aliphatic carbocycles. The van der Waals surface area contributed by atoms with Crippen molar-refractivity contribution >= 4 is 35.3 Å². The van der Waals surface area contributed by atoms with E-state index in [2.05, 4.69) is 12.1 Å². The average molecular weight is 506 g/mol. The van der Waals surface area contributed by atoms with E-state index in [0.717, 1.165) is 35.1 Å². The summed E-state index contributed by atoms with van der Waals surface area (Å²) in [4.78, 5) is 26.4. The molecule has 5 nitrogen and oxygen atoms in total. The number of nitrogens with zero attached hydrogens (tertiary/aromatic N) is 1. The van der Waals surface area contributed by atoms with Gasteiger partial charge in [0.05, 0.1) is 22.7 Å². The van der Waals surface area contributed by atoms with Crippen molar-refractivity contribution in [1.29, 1.82) is 0 Å². The number of halogens is 2. The van der Waals surface area contributed by atoms with Gasteiger partial charge in [0.1, 0.15) is 5.60 Å². The topological polar surface area (TPSA) is 55.8 Å². The van der Waals surface area contributed by atoms with E-state index in [1.807, 2.05) is 45.0 Å². The van der Waals surface area contributed by atoms with E-state index >= 15 is 0 Å². The minimum atomic E-state index is -0.567. The molecule has 184 valence electrons. The molecule has 1 amide bonds. The van der Waals surface area contributed by atoms with Crippen molar-refractivity contribution in [1.82, 2.24) is 4.90 Å². The predicted molar refractivity (Wildman–Crippen MR) is 136 cm³/mol. The van der Waals surface area contributed by atoms with Crippen LogP contribution in [0.2, 0.25) is 10.0 Å². The van der Waals surface area contributed by atoms with Gasteiger partial charge in [-0.15, -0.1) is 0 Å². The summed E-state index contributed by atoms with van der Waals surface area (Å²) in [5.41, 5.74) is 3.78. The number of fused-ring (bicyclic) bond motifs is 1. The van der Waals surface area contributed by atoms with Crippen LogP contribution in [0.5, 0.6) is 0 Å². The van der Waals surface area contributed by atoms with Crippen molar-refractivity contribution in [3.05, 3.63) is 68.7 Å². The normalized spacial score (nSPS) is 17.6. The van der Waals surface area contributed by atoms with Crippen LogP contribution in [0.15, 0.2) is 36.4 Å². The number of benzene rings is 2. The van der Waals surface area contributed by atoms with Gasteiger partial charge in [0, 0.05) is 19.4 Å². The molecule has 0 N–H and O–H groups in total. The molecule has 2 aromatic carbocycles. The molecule has 0 bridgehead atoms. The maximum atomic E-state index is 12.8. The van der Waals surface area contributed by atoms with E-state index in [9.17, 15) is 9.59 Å². The molecular weight excluding hydrogens is 473 g/mol. The lowest BCUT2D eigenvalue weighted by atomic mass is 9.75. The summed E-state index contributed by atoms with van der Waals surface area (Å²) in [5, 5.41) is 1.04. The second kappa shape index (κ2) is 11.0. The lowest BCUT2D eigenvalue weighted by molar-refractivity contribution is -0.143. The second-order valence-electron chi connectivity index (χ2n) is 9.68. The molecule has 2 atom stereocenters. The first kappa shape index (κ1) is 26.4. The Morgan fingerprint density at radius 1 is 1.03 bits per heavy atom. The Bertz CT molecular complexity index is 1050. The standard InChI is InChI=1S/C27H33Cl2NO4/c1-6-33-25(31)14-8-17-7-10-20-21(15-17)19(18-9-12-22(28)23(29)16-18)11-13-24(20)30(5)26(32)34-27(2,3)4/h7,9-10,12,15-16,19,24H,6,8,11,13-14H2,1-5H3/t19-,24-/m0/s1. The minimum absolute atomic E-state index is 0.107. The highest BCUT2D eigenvalue weighted by Gasteiger charge is 2.34. The fourth-order valence-electron chi connectivity index (χ4n) is 4.44. The third-order valence-electron chi connectivity index (χ3n) is 6.03. The number of hydrogen-bond acceptors (Lipinski definition) is 4. The van der Waals surface area contributed by atoms with Gasteiger partial charge < -0.3 is 14.4 Å². The van der Waals surface area contributed by atoms with E-state index in [-0.39, 0.29) is 24.0 Å². The zero-order chi connectivity index (χ0) is 25.0. The van der Waals surface area contributed by atoms with Crippen molar-refractivity contribution in [2.24, 2.45) is 0 Å². The van der Waals surface area contributed by atoms with Crippen molar-refractivity contribution in [2.45, 2.75) is 70.9 Å². The Balaban J connectivity index is 1.96. The summed E-state index contributed by atoms with van der Waals surface area (Å²) in [6.45, 7) is 7.78. The summed E-state index contributed by atoms with van der Waals surface area (Å²) >= 11 is 12.5.